The zero-order valence-corrected chi connectivity index (χ0v) is 14.0. The Morgan fingerprint density at radius 3 is 2.26 bits per heavy atom. The first kappa shape index (κ1) is 16.9. The summed E-state index contributed by atoms with van der Waals surface area (Å²) < 4.78 is 30.7. The summed E-state index contributed by atoms with van der Waals surface area (Å²) in [4.78, 5) is 0.154. The lowest BCUT2D eigenvalue weighted by Gasteiger charge is -2.12. The molecule has 0 spiro atoms. The fourth-order valence-electron chi connectivity index (χ4n) is 1.79. The Bertz CT molecular complexity index is 869. The lowest BCUT2D eigenvalue weighted by atomic mass is 10.1. The third-order valence-corrected chi connectivity index (χ3v) is 5.18. The average Bonchev–Trinajstić information content (AvgIpc) is 2.51. The number of sulfonamides is 1. The van der Waals surface area contributed by atoms with Gasteiger partial charge in [0.15, 0.2) is 0 Å². The number of rotatable bonds is 4. The second-order valence-corrected chi connectivity index (χ2v) is 7.22. The normalized spacial score (nSPS) is 11.3. The van der Waals surface area contributed by atoms with Gasteiger partial charge in [0.25, 0.3) is 5.88 Å². The van der Waals surface area contributed by atoms with Crippen LogP contribution in [0, 0.1) is 25.2 Å². The van der Waals surface area contributed by atoms with Crippen LogP contribution in [0.25, 0.3) is 0 Å². The van der Waals surface area contributed by atoms with E-state index in [1.165, 1.54) is 38.4 Å². The third kappa shape index (κ3) is 3.31. The molecule has 2 rings (SSSR count). The molecule has 8 heteroatoms. The molecule has 2 aromatic rings. The minimum atomic E-state index is -3.49. The van der Waals surface area contributed by atoms with Gasteiger partial charge in [0, 0.05) is 14.1 Å². The van der Waals surface area contributed by atoms with Crippen molar-refractivity contribution in [2.45, 2.75) is 18.7 Å². The van der Waals surface area contributed by atoms with E-state index in [-0.39, 0.29) is 10.8 Å². The van der Waals surface area contributed by atoms with E-state index in [0.29, 0.717) is 22.6 Å². The van der Waals surface area contributed by atoms with E-state index in [9.17, 15) is 13.7 Å². The zero-order chi connectivity index (χ0) is 17.2. The predicted octanol–water partition coefficient (Wildman–Crippen LogP) is 2.01. The Hall–Kier alpha value is -2.50. The van der Waals surface area contributed by atoms with Crippen molar-refractivity contribution in [3.8, 4) is 17.7 Å². The lowest BCUT2D eigenvalue weighted by molar-refractivity contribution is 0.451. The maximum atomic E-state index is 12.0. The van der Waals surface area contributed by atoms with E-state index in [2.05, 4.69) is 10.2 Å². The van der Waals surface area contributed by atoms with Gasteiger partial charge in [-0.25, -0.2) is 12.7 Å². The van der Waals surface area contributed by atoms with E-state index in [1.54, 1.807) is 13.8 Å². The molecule has 0 radical (unpaired) electrons. The van der Waals surface area contributed by atoms with Gasteiger partial charge in [-0.2, -0.15) is 10.4 Å². The van der Waals surface area contributed by atoms with Crippen LogP contribution in [0.2, 0.25) is 0 Å². The van der Waals surface area contributed by atoms with E-state index >= 15 is 0 Å². The smallest absolute Gasteiger partial charge is 0.257 e. The molecule has 0 aliphatic heterocycles. The molecule has 0 amide bonds. The van der Waals surface area contributed by atoms with Gasteiger partial charge >= 0.3 is 0 Å². The van der Waals surface area contributed by atoms with Gasteiger partial charge < -0.3 is 4.74 Å². The fraction of sp³-hybridized carbons (Fsp3) is 0.267. The summed E-state index contributed by atoms with van der Waals surface area (Å²) in [6.07, 6.45) is 0. The number of nitrogens with zero attached hydrogens (tertiary/aromatic N) is 4. The standard InChI is InChI=1S/C15H16N4O3S/c1-10-11(2)17-18-15(14(10)9-16)22-12-5-7-13(8-6-12)23(20,21)19(3)4/h5-8H,1-4H3. The van der Waals surface area contributed by atoms with Crippen molar-refractivity contribution in [1.82, 2.24) is 14.5 Å². The number of hydrogen-bond acceptors (Lipinski definition) is 6. The number of hydrogen-bond donors (Lipinski definition) is 0. The molecule has 23 heavy (non-hydrogen) atoms. The van der Waals surface area contributed by atoms with Gasteiger partial charge in [-0.1, -0.05) is 0 Å². The van der Waals surface area contributed by atoms with Crippen molar-refractivity contribution in [3.63, 3.8) is 0 Å². The average molecular weight is 332 g/mol. The monoisotopic (exact) mass is 332 g/mol. The summed E-state index contributed by atoms with van der Waals surface area (Å²) >= 11 is 0. The van der Waals surface area contributed by atoms with E-state index in [0.717, 1.165) is 4.31 Å². The van der Waals surface area contributed by atoms with Crippen LogP contribution >= 0.6 is 0 Å². The van der Waals surface area contributed by atoms with E-state index in [4.69, 9.17) is 4.74 Å². The number of ether oxygens (including phenoxy) is 1. The fourth-order valence-corrected chi connectivity index (χ4v) is 2.69. The highest BCUT2D eigenvalue weighted by atomic mass is 32.2. The Kier molecular flexibility index (Phi) is 4.63. The SMILES string of the molecule is Cc1nnc(Oc2ccc(S(=O)(=O)N(C)C)cc2)c(C#N)c1C. The molecule has 0 saturated carbocycles. The van der Waals surface area contributed by atoms with Gasteiger partial charge in [-0.3, -0.25) is 0 Å². The summed E-state index contributed by atoms with van der Waals surface area (Å²) in [7, 11) is -0.570. The van der Waals surface area contributed by atoms with Crippen molar-refractivity contribution in [2.75, 3.05) is 14.1 Å². The molecule has 120 valence electrons. The van der Waals surface area contributed by atoms with E-state index < -0.39 is 10.0 Å². The van der Waals surface area contributed by atoms with Crippen LogP contribution in [0.5, 0.6) is 11.6 Å². The van der Waals surface area contributed by atoms with Crippen molar-refractivity contribution >= 4 is 10.0 Å². The minimum Gasteiger partial charge on any atom is -0.437 e. The van der Waals surface area contributed by atoms with Crippen LogP contribution in [0.1, 0.15) is 16.8 Å². The zero-order valence-electron chi connectivity index (χ0n) is 13.2. The van der Waals surface area contributed by atoms with Crippen molar-refractivity contribution < 1.29 is 13.2 Å². The highest BCUT2D eigenvalue weighted by Crippen LogP contribution is 2.26. The number of aryl methyl sites for hydroxylation is 1. The first-order valence-electron chi connectivity index (χ1n) is 6.71. The second-order valence-electron chi connectivity index (χ2n) is 5.06. The predicted molar refractivity (Wildman–Crippen MR) is 83.6 cm³/mol. The lowest BCUT2D eigenvalue weighted by Crippen LogP contribution is -2.22. The van der Waals surface area contributed by atoms with Crippen LogP contribution in [-0.2, 0) is 10.0 Å². The Morgan fingerprint density at radius 1 is 1.13 bits per heavy atom. The van der Waals surface area contributed by atoms with Gasteiger partial charge in [-0.15, -0.1) is 5.10 Å². The van der Waals surface area contributed by atoms with Crippen molar-refractivity contribution in [1.29, 1.82) is 5.26 Å². The quantitative estimate of drug-likeness (QED) is 0.849. The summed E-state index contributed by atoms with van der Waals surface area (Å²) in [5.41, 5.74) is 1.66. The third-order valence-electron chi connectivity index (χ3n) is 3.35. The van der Waals surface area contributed by atoms with Gasteiger partial charge in [-0.05, 0) is 43.7 Å². The molecule has 0 saturated heterocycles. The molecule has 0 bridgehead atoms. The molecule has 1 heterocycles. The Labute approximate surface area is 135 Å². The first-order chi connectivity index (χ1) is 10.8. The van der Waals surface area contributed by atoms with Gasteiger partial charge in [0.2, 0.25) is 10.0 Å². The second kappa shape index (κ2) is 6.32. The summed E-state index contributed by atoms with van der Waals surface area (Å²) in [6.45, 7) is 3.52. The van der Waals surface area contributed by atoms with Crippen LogP contribution in [0.3, 0.4) is 0 Å². The molecular formula is C15H16N4O3S. The van der Waals surface area contributed by atoms with Gasteiger partial charge in [0.1, 0.15) is 17.4 Å². The topological polar surface area (TPSA) is 96.2 Å². The first-order valence-corrected chi connectivity index (χ1v) is 8.15. The highest BCUT2D eigenvalue weighted by Gasteiger charge is 2.17. The molecule has 1 aromatic heterocycles. The van der Waals surface area contributed by atoms with Crippen LogP contribution in [0.4, 0.5) is 0 Å². The summed E-state index contributed by atoms with van der Waals surface area (Å²) in [5, 5.41) is 17.0. The van der Waals surface area contributed by atoms with Crippen molar-refractivity contribution in [3.05, 3.63) is 41.1 Å². The Balaban J connectivity index is 2.34. The summed E-state index contributed by atoms with van der Waals surface area (Å²) in [6, 6.07) is 7.93. The minimum absolute atomic E-state index is 0.0961. The molecular weight excluding hydrogens is 316 g/mol. The van der Waals surface area contributed by atoms with Crippen LogP contribution in [0.15, 0.2) is 29.2 Å². The number of benzene rings is 1. The molecule has 0 N–H and O–H groups in total. The van der Waals surface area contributed by atoms with Gasteiger partial charge in [0.05, 0.1) is 10.6 Å². The molecule has 0 unspecified atom stereocenters. The molecule has 0 aliphatic carbocycles. The molecule has 0 aliphatic rings. The number of nitriles is 1. The largest absolute Gasteiger partial charge is 0.437 e. The summed E-state index contributed by atoms with van der Waals surface area (Å²) in [5.74, 6) is 0.468. The van der Waals surface area contributed by atoms with Crippen LogP contribution < -0.4 is 4.74 Å². The maximum Gasteiger partial charge on any atom is 0.257 e. The van der Waals surface area contributed by atoms with E-state index in [1.807, 2.05) is 6.07 Å². The Morgan fingerprint density at radius 2 is 1.74 bits per heavy atom. The molecule has 1 aromatic carbocycles. The van der Waals surface area contributed by atoms with Crippen molar-refractivity contribution in [2.24, 2.45) is 0 Å². The molecule has 7 nitrogen and oxygen atoms in total. The van der Waals surface area contributed by atoms with Crippen LogP contribution in [-0.4, -0.2) is 37.0 Å². The molecule has 0 fully saturated rings. The molecule has 0 atom stereocenters. The highest BCUT2D eigenvalue weighted by molar-refractivity contribution is 7.89. The maximum absolute atomic E-state index is 12.0. The number of aromatic nitrogens is 2.